The van der Waals surface area contributed by atoms with Gasteiger partial charge in [0.25, 0.3) is 0 Å². The van der Waals surface area contributed by atoms with E-state index in [1.165, 1.54) is 11.8 Å². The molecule has 2 aromatic rings. The van der Waals surface area contributed by atoms with Gasteiger partial charge in [-0.15, -0.1) is 16.9 Å². The number of hydrogen-bond donors (Lipinski definition) is 1. The maximum absolute atomic E-state index is 10.7. The summed E-state index contributed by atoms with van der Waals surface area (Å²) in [6, 6.07) is 9.35. The largest absolute Gasteiger partial charge is 0.474 e. The molecule has 7 heteroatoms. The van der Waals surface area contributed by atoms with Gasteiger partial charge in [-0.1, -0.05) is 29.8 Å². The molecule has 0 spiro atoms. The Labute approximate surface area is 112 Å². The van der Waals surface area contributed by atoms with E-state index in [4.69, 9.17) is 20.8 Å². The van der Waals surface area contributed by atoms with Crippen molar-refractivity contribution >= 4 is 23.4 Å². The minimum absolute atomic E-state index is 0.355. The number of alkyl halides is 1. The van der Waals surface area contributed by atoms with Gasteiger partial charge in [0, 0.05) is 5.75 Å². The lowest BCUT2D eigenvalue weighted by atomic mass is 10.3. The van der Waals surface area contributed by atoms with Gasteiger partial charge in [-0.2, -0.15) is 0 Å². The molecule has 0 aliphatic rings. The normalized spacial score (nSPS) is 12.3. The molecular weight excluding hydrogens is 276 g/mol. The van der Waals surface area contributed by atoms with E-state index in [1.54, 1.807) is 0 Å². The standard InChI is InChI=1S/C11H11ClN2O3S/c12-9(16-8-4-2-1-3-5-8)6-18-7-10-13-14-11(15)17-10/h1-5,9H,6-7H2,(H,14,15). The second-order valence-electron chi connectivity index (χ2n) is 3.36. The third-order valence-electron chi connectivity index (χ3n) is 1.96. The predicted octanol–water partition coefficient (Wildman–Crippen LogP) is 2.24. The highest BCUT2D eigenvalue weighted by Gasteiger charge is 2.08. The summed E-state index contributed by atoms with van der Waals surface area (Å²) < 4.78 is 10.2. The zero-order valence-electron chi connectivity index (χ0n) is 9.34. The van der Waals surface area contributed by atoms with Crippen molar-refractivity contribution in [3.05, 3.63) is 46.8 Å². The van der Waals surface area contributed by atoms with E-state index in [0.717, 1.165) is 5.75 Å². The summed E-state index contributed by atoms with van der Waals surface area (Å²) in [5, 5.41) is 5.88. The highest BCUT2D eigenvalue weighted by atomic mass is 35.5. The molecule has 0 saturated heterocycles. The van der Waals surface area contributed by atoms with Crippen LogP contribution in [0.3, 0.4) is 0 Å². The highest BCUT2D eigenvalue weighted by Crippen LogP contribution is 2.17. The van der Waals surface area contributed by atoms with Gasteiger partial charge < -0.3 is 9.15 Å². The van der Waals surface area contributed by atoms with Gasteiger partial charge in [-0.05, 0) is 12.1 Å². The Morgan fingerprint density at radius 3 is 2.89 bits per heavy atom. The second-order valence-corrected chi connectivity index (χ2v) is 4.88. The number of ether oxygens (including phenoxy) is 1. The topological polar surface area (TPSA) is 68.1 Å². The van der Waals surface area contributed by atoms with Crippen LogP contribution in [0.1, 0.15) is 5.89 Å². The lowest BCUT2D eigenvalue weighted by Crippen LogP contribution is -2.11. The lowest BCUT2D eigenvalue weighted by molar-refractivity contribution is 0.305. The van der Waals surface area contributed by atoms with Crippen molar-refractivity contribution in [2.75, 3.05) is 5.75 Å². The number of benzene rings is 1. The Balaban J connectivity index is 1.72. The Hall–Kier alpha value is -1.40. The number of hydrogen-bond acceptors (Lipinski definition) is 5. The average Bonchev–Trinajstić information content (AvgIpc) is 2.76. The van der Waals surface area contributed by atoms with Crippen molar-refractivity contribution in [3.63, 3.8) is 0 Å². The summed E-state index contributed by atoms with van der Waals surface area (Å²) in [6.45, 7) is 0. The van der Waals surface area contributed by atoms with Crippen LogP contribution in [0.4, 0.5) is 0 Å². The van der Waals surface area contributed by atoms with Gasteiger partial charge in [-0.3, -0.25) is 0 Å². The first-order valence-corrected chi connectivity index (χ1v) is 6.81. The molecule has 2 rings (SSSR count). The number of para-hydroxylation sites is 1. The van der Waals surface area contributed by atoms with Gasteiger partial charge in [0.1, 0.15) is 5.75 Å². The van der Waals surface area contributed by atoms with E-state index in [2.05, 4.69) is 10.2 Å². The molecule has 1 aromatic heterocycles. The molecule has 0 bridgehead atoms. The number of nitrogens with zero attached hydrogens (tertiary/aromatic N) is 1. The van der Waals surface area contributed by atoms with Gasteiger partial charge >= 0.3 is 5.76 Å². The first-order chi connectivity index (χ1) is 8.74. The lowest BCUT2D eigenvalue weighted by Gasteiger charge is -2.11. The number of thioether (sulfide) groups is 1. The van der Waals surface area contributed by atoms with Gasteiger partial charge in [0.2, 0.25) is 5.89 Å². The first kappa shape index (κ1) is 13.0. The molecule has 5 nitrogen and oxygen atoms in total. The van der Waals surface area contributed by atoms with E-state index in [0.29, 0.717) is 17.4 Å². The fourth-order valence-corrected chi connectivity index (χ4v) is 2.28. The molecule has 1 unspecified atom stereocenters. The molecule has 0 radical (unpaired) electrons. The number of halogens is 1. The molecule has 1 atom stereocenters. The molecule has 0 amide bonds. The summed E-state index contributed by atoms with van der Waals surface area (Å²) >= 11 is 7.50. The van der Waals surface area contributed by atoms with Crippen molar-refractivity contribution in [3.8, 4) is 5.75 Å². The van der Waals surface area contributed by atoms with Crippen LogP contribution < -0.4 is 10.5 Å². The molecule has 0 saturated carbocycles. The molecule has 1 aromatic carbocycles. The van der Waals surface area contributed by atoms with Crippen LogP contribution in [0.5, 0.6) is 5.75 Å². The van der Waals surface area contributed by atoms with Crippen molar-refractivity contribution in [1.29, 1.82) is 0 Å². The summed E-state index contributed by atoms with van der Waals surface area (Å²) in [6.07, 6.45) is 0. The van der Waals surface area contributed by atoms with E-state index in [1.807, 2.05) is 30.3 Å². The fraction of sp³-hybridized carbons (Fsp3) is 0.273. The molecule has 18 heavy (non-hydrogen) atoms. The zero-order chi connectivity index (χ0) is 12.8. The summed E-state index contributed by atoms with van der Waals surface area (Å²) in [7, 11) is 0. The summed E-state index contributed by atoms with van der Waals surface area (Å²) in [5.74, 6) is 1.57. The van der Waals surface area contributed by atoms with Crippen LogP contribution in [0.15, 0.2) is 39.5 Å². The molecule has 96 valence electrons. The van der Waals surface area contributed by atoms with Crippen LogP contribution in [0.2, 0.25) is 0 Å². The number of aromatic amines is 1. The van der Waals surface area contributed by atoms with Crippen LogP contribution in [0.25, 0.3) is 0 Å². The molecular formula is C11H11ClN2O3S. The Morgan fingerprint density at radius 2 is 2.22 bits per heavy atom. The third-order valence-corrected chi connectivity index (χ3v) is 3.38. The minimum Gasteiger partial charge on any atom is -0.474 e. The van der Waals surface area contributed by atoms with Crippen molar-refractivity contribution in [1.82, 2.24) is 10.2 Å². The van der Waals surface area contributed by atoms with E-state index < -0.39 is 11.3 Å². The van der Waals surface area contributed by atoms with E-state index in [9.17, 15) is 4.79 Å². The monoisotopic (exact) mass is 286 g/mol. The Bertz CT molecular complexity index is 528. The molecule has 0 fully saturated rings. The summed E-state index contributed by atoms with van der Waals surface area (Å²) in [5.41, 5.74) is -0.442. The van der Waals surface area contributed by atoms with Crippen LogP contribution in [0, 0.1) is 0 Å². The van der Waals surface area contributed by atoms with Gasteiger partial charge in [0.15, 0.2) is 5.56 Å². The van der Waals surface area contributed by atoms with Crippen LogP contribution in [-0.2, 0) is 5.75 Å². The number of aromatic nitrogens is 2. The molecule has 0 aliphatic heterocycles. The van der Waals surface area contributed by atoms with E-state index in [-0.39, 0.29) is 0 Å². The quantitative estimate of drug-likeness (QED) is 0.825. The van der Waals surface area contributed by atoms with Crippen molar-refractivity contribution in [2.45, 2.75) is 11.3 Å². The SMILES string of the molecule is O=c1[nH]nc(CSCC(Cl)Oc2ccccc2)o1. The number of nitrogens with one attached hydrogen (secondary N) is 1. The maximum Gasteiger partial charge on any atom is 0.434 e. The number of H-pyrrole nitrogens is 1. The smallest absolute Gasteiger partial charge is 0.434 e. The van der Waals surface area contributed by atoms with Crippen LogP contribution >= 0.6 is 23.4 Å². The maximum atomic E-state index is 10.7. The van der Waals surface area contributed by atoms with Crippen LogP contribution in [-0.4, -0.2) is 21.5 Å². The van der Waals surface area contributed by atoms with Crippen molar-refractivity contribution < 1.29 is 9.15 Å². The Kier molecular flexibility index (Phi) is 4.72. The number of rotatable bonds is 6. The molecule has 1 N–H and O–H groups in total. The molecule has 1 heterocycles. The van der Waals surface area contributed by atoms with E-state index >= 15 is 0 Å². The van der Waals surface area contributed by atoms with Gasteiger partial charge in [-0.25, -0.2) is 9.89 Å². The predicted molar refractivity (Wildman–Crippen MR) is 70.0 cm³/mol. The van der Waals surface area contributed by atoms with Crippen molar-refractivity contribution in [2.24, 2.45) is 0 Å². The Morgan fingerprint density at radius 1 is 1.44 bits per heavy atom. The summed E-state index contributed by atoms with van der Waals surface area (Å²) in [4.78, 5) is 10.7. The second kappa shape index (κ2) is 6.51. The average molecular weight is 287 g/mol. The molecule has 0 aliphatic carbocycles. The minimum atomic E-state index is -0.548. The highest BCUT2D eigenvalue weighted by molar-refractivity contribution is 7.98. The fourth-order valence-electron chi connectivity index (χ4n) is 1.24. The first-order valence-electron chi connectivity index (χ1n) is 5.22. The third kappa shape index (κ3) is 4.12. The zero-order valence-corrected chi connectivity index (χ0v) is 10.9. The van der Waals surface area contributed by atoms with Gasteiger partial charge in [0.05, 0.1) is 5.75 Å².